The second-order valence-electron chi connectivity index (χ2n) is 4.88. The summed E-state index contributed by atoms with van der Waals surface area (Å²) in [6, 6.07) is 14.9. The first-order chi connectivity index (χ1) is 10.6. The Morgan fingerprint density at radius 1 is 1.00 bits per heavy atom. The summed E-state index contributed by atoms with van der Waals surface area (Å²) in [4.78, 5) is 23.5. The van der Waals surface area contributed by atoms with E-state index in [1.165, 1.54) is 6.21 Å². The first-order valence-electron chi connectivity index (χ1n) is 6.83. The lowest BCUT2D eigenvalue weighted by Gasteiger charge is -2.08. The Morgan fingerprint density at radius 3 is 2.45 bits per heavy atom. The average molecular weight is 295 g/mol. The molecule has 2 aromatic carbocycles. The van der Waals surface area contributed by atoms with Gasteiger partial charge in [0.2, 0.25) is 0 Å². The Bertz CT molecular complexity index is 709. The van der Waals surface area contributed by atoms with E-state index in [-0.39, 0.29) is 0 Å². The molecule has 0 unspecified atom stereocenters. The van der Waals surface area contributed by atoms with Gasteiger partial charge in [-0.15, -0.1) is 0 Å². The molecule has 0 saturated carbocycles. The van der Waals surface area contributed by atoms with E-state index in [9.17, 15) is 9.59 Å². The molecule has 5 nitrogen and oxygen atoms in total. The van der Waals surface area contributed by atoms with Crippen molar-refractivity contribution in [1.29, 1.82) is 0 Å². The fourth-order valence-corrected chi connectivity index (χ4v) is 1.80. The Kier molecular flexibility index (Phi) is 5.03. The minimum Gasteiger partial charge on any atom is -0.317 e. The van der Waals surface area contributed by atoms with Crippen LogP contribution >= 0.6 is 0 Å². The number of nitrogens with zero attached hydrogens (tertiary/aromatic N) is 1. The van der Waals surface area contributed by atoms with Crippen LogP contribution in [0.15, 0.2) is 53.6 Å². The van der Waals surface area contributed by atoms with Gasteiger partial charge in [0.25, 0.3) is 0 Å². The number of hydrogen-bond donors (Lipinski definition) is 2. The molecule has 0 fully saturated rings. The molecule has 0 aliphatic carbocycles. The molecular weight excluding hydrogens is 278 g/mol. The summed E-state index contributed by atoms with van der Waals surface area (Å²) in [5, 5.41) is 6.33. The summed E-state index contributed by atoms with van der Waals surface area (Å²) >= 11 is 0. The molecule has 2 N–H and O–H groups in total. The van der Waals surface area contributed by atoms with Crippen LogP contribution in [0.1, 0.15) is 16.7 Å². The monoisotopic (exact) mass is 295 g/mol. The highest BCUT2D eigenvalue weighted by Crippen LogP contribution is 2.15. The van der Waals surface area contributed by atoms with Crippen molar-refractivity contribution in [2.75, 3.05) is 5.32 Å². The molecule has 0 radical (unpaired) electrons. The number of amides is 2. The van der Waals surface area contributed by atoms with E-state index < -0.39 is 11.8 Å². The zero-order chi connectivity index (χ0) is 15.9. The molecule has 0 bridgehead atoms. The number of hydrogen-bond acceptors (Lipinski definition) is 3. The highest BCUT2D eigenvalue weighted by Gasteiger charge is 2.13. The quantitative estimate of drug-likeness (QED) is 0.518. The molecule has 5 heteroatoms. The first kappa shape index (κ1) is 15.4. The highest BCUT2D eigenvalue weighted by molar-refractivity contribution is 6.39. The maximum absolute atomic E-state index is 11.8. The van der Waals surface area contributed by atoms with Gasteiger partial charge in [-0.3, -0.25) is 9.59 Å². The molecular formula is C17H17N3O2. The van der Waals surface area contributed by atoms with E-state index in [1.807, 2.05) is 62.4 Å². The van der Waals surface area contributed by atoms with Gasteiger partial charge in [-0.05, 0) is 36.6 Å². The zero-order valence-electron chi connectivity index (χ0n) is 12.5. The number of carbonyl (C=O) groups excluding carboxylic acids is 2. The fourth-order valence-electron chi connectivity index (χ4n) is 1.80. The largest absolute Gasteiger partial charge is 0.329 e. The number of hydrazone groups is 1. The van der Waals surface area contributed by atoms with Gasteiger partial charge in [0.1, 0.15) is 0 Å². The molecule has 0 aromatic heterocycles. The minimum atomic E-state index is -0.812. The number of anilines is 1. The zero-order valence-corrected chi connectivity index (χ0v) is 12.5. The summed E-state index contributed by atoms with van der Waals surface area (Å²) in [5.41, 5.74) is 5.54. The van der Waals surface area contributed by atoms with E-state index >= 15 is 0 Å². The van der Waals surface area contributed by atoms with Crippen molar-refractivity contribution in [1.82, 2.24) is 5.43 Å². The van der Waals surface area contributed by atoms with Gasteiger partial charge in [0.05, 0.1) is 6.21 Å². The average Bonchev–Trinajstić information content (AvgIpc) is 2.52. The van der Waals surface area contributed by atoms with Crippen LogP contribution in [0.5, 0.6) is 0 Å². The van der Waals surface area contributed by atoms with Gasteiger partial charge in [-0.25, -0.2) is 5.43 Å². The lowest BCUT2D eigenvalue weighted by molar-refractivity contribution is -0.136. The van der Waals surface area contributed by atoms with Crippen molar-refractivity contribution in [3.63, 3.8) is 0 Å². The van der Waals surface area contributed by atoms with Gasteiger partial charge in [-0.1, -0.05) is 42.5 Å². The standard InChI is InChI=1S/C17H17N3O2/c1-12-8-9-13(2)15(10-12)19-16(21)17(22)20-18-11-14-6-4-3-5-7-14/h3-11H,1-2H3,(H,19,21)(H,20,22)/b18-11+. The lowest BCUT2D eigenvalue weighted by Crippen LogP contribution is -2.32. The van der Waals surface area contributed by atoms with Crippen LogP contribution in [0, 0.1) is 13.8 Å². The van der Waals surface area contributed by atoms with Crippen LogP contribution in [0.2, 0.25) is 0 Å². The summed E-state index contributed by atoms with van der Waals surface area (Å²) in [5.74, 6) is -1.56. The second-order valence-corrected chi connectivity index (χ2v) is 4.88. The Labute approximate surface area is 129 Å². The highest BCUT2D eigenvalue weighted by atomic mass is 16.2. The van der Waals surface area contributed by atoms with E-state index in [4.69, 9.17) is 0 Å². The van der Waals surface area contributed by atoms with Crippen LogP contribution in [-0.4, -0.2) is 18.0 Å². The Balaban J connectivity index is 1.94. The van der Waals surface area contributed by atoms with Crippen molar-refractivity contribution in [2.45, 2.75) is 13.8 Å². The molecule has 0 aliphatic heterocycles. The predicted molar refractivity (Wildman–Crippen MR) is 86.7 cm³/mol. The normalized spacial score (nSPS) is 10.5. The van der Waals surface area contributed by atoms with Crippen molar-refractivity contribution >= 4 is 23.7 Å². The molecule has 0 aliphatic rings. The van der Waals surface area contributed by atoms with Crippen LogP contribution in [0.4, 0.5) is 5.69 Å². The van der Waals surface area contributed by atoms with Crippen molar-refractivity contribution in [2.24, 2.45) is 5.10 Å². The summed E-state index contributed by atoms with van der Waals surface area (Å²) in [7, 11) is 0. The molecule has 2 aromatic rings. The number of carbonyl (C=O) groups is 2. The van der Waals surface area contributed by atoms with Crippen LogP contribution in [-0.2, 0) is 9.59 Å². The SMILES string of the molecule is Cc1ccc(C)c(NC(=O)C(=O)N/N=C/c2ccccc2)c1. The van der Waals surface area contributed by atoms with Gasteiger partial charge in [0.15, 0.2) is 0 Å². The van der Waals surface area contributed by atoms with Gasteiger partial charge in [0, 0.05) is 5.69 Å². The summed E-state index contributed by atoms with van der Waals surface area (Å²) in [6.45, 7) is 3.78. The maximum Gasteiger partial charge on any atom is 0.329 e. The fraction of sp³-hybridized carbons (Fsp3) is 0.118. The number of nitrogens with one attached hydrogen (secondary N) is 2. The van der Waals surface area contributed by atoms with Crippen molar-refractivity contribution in [3.05, 3.63) is 65.2 Å². The molecule has 0 atom stereocenters. The number of benzene rings is 2. The number of aryl methyl sites for hydroxylation is 2. The summed E-state index contributed by atoms with van der Waals surface area (Å²) < 4.78 is 0. The molecule has 0 saturated heterocycles. The molecule has 112 valence electrons. The second kappa shape index (κ2) is 7.17. The maximum atomic E-state index is 11.8. The minimum absolute atomic E-state index is 0.618. The van der Waals surface area contributed by atoms with Crippen molar-refractivity contribution in [3.8, 4) is 0 Å². The van der Waals surface area contributed by atoms with E-state index in [0.717, 1.165) is 16.7 Å². The first-order valence-corrected chi connectivity index (χ1v) is 6.83. The van der Waals surface area contributed by atoms with E-state index in [2.05, 4.69) is 15.8 Å². The molecule has 2 rings (SSSR count). The summed E-state index contributed by atoms with van der Waals surface area (Å²) in [6.07, 6.45) is 1.48. The third kappa shape index (κ3) is 4.28. The van der Waals surface area contributed by atoms with Gasteiger partial charge < -0.3 is 5.32 Å². The third-order valence-corrected chi connectivity index (χ3v) is 3.03. The van der Waals surface area contributed by atoms with Crippen LogP contribution in [0.3, 0.4) is 0 Å². The van der Waals surface area contributed by atoms with Crippen molar-refractivity contribution < 1.29 is 9.59 Å². The Morgan fingerprint density at radius 2 is 1.73 bits per heavy atom. The van der Waals surface area contributed by atoms with E-state index in [0.29, 0.717) is 5.69 Å². The van der Waals surface area contributed by atoms with Gasteiger partial charge in [-0.2, -0.15) is 5.10 Å². The third-order valence-electron chi connectivity index (χ3n) is 3.03. The molecule has 0 spiro atoms. The predicted octanol–water partition coefficient (Wildman–Crippen LogP) is 2.39. The lowest BCUT2D eigenvalue weighted by atomic mass is 10.1. The molecule has 0 heterocycles. The van der Waals surface area contributed by atoms with E-state index in [1.54, 1.807) is 0 Å². The van der Waals surface area contributed by atoms with Crippen LogP contribution < -0.4 is 10.7 Å². The molecule has 2 amide bonds. The number of rotatable bonds is 3. The topological polar surface area (TPSA) is 70.6 Å². The Hall–Kier alpha value is -2.95. The van der Waals surface area contributed by atoms with Crippen LogP contribution in [0.25, 0.3) is 0 Å². The smallest absolute Gasteiger partial charge is 0.317 e. The molecule has 22 heavy (non-hydrogen) atoms. The van der Waals surface area contributed by atoms with Gasteiger partial charge >= 0.3 is 11.8 Å².